The Bertz CT molecular complexity index is 967. The predicted molar refractivity (Wildman–Crippen MR) is 87.9 cm³/mol. The van der Waals surface area contributed by atoms with E-state index in [1.165, 1.54) is 18.3 Å². The quantitative estimate of drug-likeness (QED) is 0.713. The van der Waals surface area contributed by atoms with Crippen molar-refractivity contribution >= 4 is 42.5 Å². The molecule has 3 rings (SSSR count). The maximum atomic E-state index is 13.8. The van der Waals surface area contributed by atoms with E-state index in [0.29, 0.717) is 10.9 Å². The molecule has 22 heavy (non-hydrogen) atoms. The number of fused-ring (bicyclic) bond motifs is 1. The van der Waals surface area contributed by atoms with E-state index >= 15 is 0 Å². The SMILES string of the molecule is Cc1ccc(NS(=O)(=O)c2c[nH]c3cc(Br)ccc23)c(F)c1. The van der Waals surface area contributed by atoms with Crippen LogP contribution < -0.4 is 4.72 Å². The lowest BCUT2D eigenvalue weighted by molar-refractivity contribution is 0.599. The van der Waals surface area contributed by atoms with Crippen LogP contribution in [0.5, 0.6) is 0 Å². The normalized spacial score (nSPS) is 11.8. The number of rotatable bonds is 3. The minimum Gasteiger partial charge on any atom is -0.360 e. The predicted octanol–water partition coefficient (Wildman–Crippen LogP) is 4.18. The molecule has 0 amide bonds. The summed E-state index contributed by atoms with van der Waals surface area (Å²) in [5.74, 6) is -0.605. The van der Waals surface area contributed by atoms with Crippen LogP contribution in [0.25, 0.3) is 10.9 Å². The third kappa shape index (κ3) is 2.74. The van der Waals surface area contributed by atoms with Crippen molar-refractivity contribution in [2.75, 3.05) is 4.72 Å². The van der Waals surface area contributed by atoms with Gasteiger partial charge in [-0.2, -0.15) is 0 Å². The molecule has 0 unspecified atom stereocenters. The number of sulfonamides is 1. The average Bonchev–Trinajstić information content (AvgIpc) is 2.85. The van der Waals surface area contributed by atoms with Crippen LogP contribution in [0.4, 0.5) is 10.1 Å². The molecule has 0 aliphatic heterocycles. The summed E-state index contributed by atoms with van der Waals surface area (Å²) >= 11 is 3.33. The molecular formula is C15H12BrFN2O2S. The van der Waals surface area contributed by atoms with Crippen molar-refractivity contribution in [3.8, 4) is 0 Å². The van der Waals surface area contributed by atoms with Gasteiger partial charge in [0, 0.05) is 21.6 Å². The van der Waals surface area contributed by atoms with Crippen LogP contribution in [0.2, 0.25) is 0 Å². The Morgan fingerprint density at radius 2 is 1.95 bits per heavy atom. The molecule has 2 N–H and O–H groups in total. The highest BCUT2D eigenvalue weighted by molar-refractivity contribution is 9.10. The van der Waals surface area contributed by atoms with Gasteiger partial charge in [-0.15, -0.1) is 0 Å². The highest BCUT2D eigenvalue weighted by Gasteiger charge is 2.20. The first-order valence-corrected chi connectivity index (χ1v) is 8.70. The van der Waals surface area contributed by atoms with Gasteiger partial charge in [0.1, 0.15) is 10.7 Å². The minimum atomic E-state index is -3.88. The third-order valence-electron chi connectivity index (χ3n) is 3.26. The van der Waals surface area contributed by atoms with Crippen molar-refractivity contribution in [1.29, 1.82) is 0 Å². The summed E-state index contributed by atoms with van der Waals surface area (Å²) in [6.07, 6.45) is 1.39. The molecule has 114 valence electrons. The van der Waals surface area contributed by atoms with E-state index < -0.39 is 15.8 Å². The molecule has 4 nitrogen and oxygen atoms in total. The van der Waals surface area contributed by atoms with Crippen molar-refractivity contribution in [2.45, 2.75) is 11.8 Å². The second kappa shape index (κ2) is 5.40. The number of aromatic amines is 1. The fourth-order valence-electron chi connectivity index (χ4n) is 2.20. The molecule has 0 aliphatic carbocycles. The van der Waals surface area contributed by atoms with E-state index in [1.807, 2.05) is 0 Å². The van der Waals surface area contributed by atoms with Gasteiger partial charge in [0.05, 0.1) is 5.69 Å². The van der Waals surface area contributed by atoms with Gasteiger partial charge in [0.25, 0.3) is 10.0 Å². The summed E-state index contributed by atoms with van der Waals surface area (Å²) in [4.78, 5) is 2.98. The van der Waals surface area contributed by atoms with Crippen LogP contribution in [0.15, 0.2) is 52.0 Å². The molecule has 1 heterocycles. The molecule has 0 saturated heterocycles. The number of anilines is 1. The monoisotopic (exact) mass is 382 g/mol. The summed E-state index contributed by atoms with van der Waals surface area (Å²) in [6, 6.07) is 9.56. The van der Waals surface area contributed by atoms with E-state index in [2.05, 4.69) is 25.6 Å². The molecule has 0 atom stereocenters. The number of H-pyrrole nitrogens is 1. The number of halogens is 2. The Morgan fingerprint density at radius 3 is 2.68 bits per heavy atom. The van der Waals surface area contributed by atoms with Gasteiger partial charge in [0.15, 0.2) is 0 Å². The first-order valence-electron chi connectivity index (χ1n) is 6.42. The van der Waals surface area contributed by atoms with Crippen molar-refractivity contribution < 1.29 is 12.8 Å². The fraction of sp³-hybridized carbons (Fsp3) is 0.0667. The lowest BCUT2D eigenvalue weighted by Gasteiger charge is -2.08. The van der Waals surface area contributed by atoms with E-state index in [0.717, 1.165) is 10.0 Å². The van der Waals surface area contributed by atoms with Crippen LogP contribution in [0.3, 0.4) is 0 Å². The molecule has 0 fully saturated rings. The summed E-state index contributed by atoms with van der Waals surface area (Å²) in [5.41, 5.74) is 1.33. The highest BCUT2D eigenvalue weighted by Crippen LogP contribution is 2.27. The topological polar surface area (TPSA) is 62.0 Å². The highest BCUT2D eigenvalue weighted by atomic mass is 79.9. The van der Waals surface area contributed by atoms with Gasteiger partial charge in [-0.05, 0) is 36.8 Å². The first kappa shape index (κ1) is 15.1. The minimum absolute atomic E-state index is 0.0722. The molecule has 3 aromatic rings. The lowest BCUT2D eigenvalue weighted by Crippen LogP contribution is -2.13. The molecular weight excluding hydrogens is 371 g/mol. The van der Waals surface area contributed by atoms with Gasteiger partial charge in [0.2, 0.25) is 0 Å². The number of hydrogen-bond donors (Lipinski definition) is 2. The maximum Gasteiger partial charge on any atom is 0.264 e. The number of nitrogens with one attached hydrogen (secondary N) is 2. The molecule has 0 aliphatic rings. The van der Waals surface area contributed by atoms with Gasteiger partial charge >= 0.3 is 0 Å². The molecule has 0 saturated carbocycles. The summed E-state index contributed by atoms with van der Waals surface area (Å²) in [6.45, 7) is 1.74. The summed E-state index contributed by atoms with van der Waals surface area (Å²) in [5, 5.41) is 0.545. The van der Waals surface area contributed by atoms with Crippen molar-refractivity contribution in [2.24, 2.45) is 0 Å². The third-order valence-corrected chi connectivity index (χ3v) is 5.16. The molecule has 7 heteroatoms. The second-order valence-electron chi connectivity index (χ2n) is 4.93. The Balaban J connectivity index is 2.05. The van der Waals surface area contributed by atoms with E-state index in [-0.39, 0.29) is 10.6 Å². The van der Waals surface area contributed by atoms with Crippen molar-refractivity contribution in [3.05, 3.63) is 58.4 Å². The number of benzene rings is 2. The number of hydrogen-bond acceptors (Lipinski definition) is 2. The largest absolute Gasteiger partial charge is 0.360 e. The zero-order valence-electron chi connectivity index (χ0n) is 11.5. The summed E-state index contributed by atoms with van der Waals surface area (Å²) in [7, 11) is -3.88. The number of aryl methyl sites for hydroxylation is 1. The smallest absolute Gasteiger partial charge is 0.264 e. The first-order chi connectivity index (χ1) is 10.4. The zero-order valence-corrected chi connectivity index (χ0v) is 13.9. The Labute approximate surface area is 135 Å². The molecule has 0 radical (unpaired) electrons. The van der Waals surface area contributed by atoms with E-state index in [1.54, 1.807) is 31.2 Å². The molecule has 0 bridgehead atoms. The van der Waals surface area contributed by atoms with Gasteiger partial charge in [-0.3, -0.25) is 4.72 Å². The molecule has 2 aromatic carbocycles. The van der Waals surface area contributed by atoms with Crippen LogP contribution >= 0.6 is 15.9 Å². The fourth-order valence-corrected chi connectivity index (χ4v) is 3.80. The van der Waals surface area contributed by atoms with E-state index in [9.17, 15) is 12.8 Å². The van der Waals surface area contributed by atoms with Crippen LogP contribution in [0, 0.1) is 12.7 Å². The lowest BCUT2D eigenvalue weighted by atomic mass is 10.2. The van der Waals surface area contributed by atoms with Crippen LogP contribution in [-0.2, 0) is 10.0 Å². The van der Waals surface area contributed by atoms with Gasteiger partial charge < -0.3 is 4.98 Å². The Morgan fingerprint density at radius 1 is 1.18 bits per heavy atom. The van der Waals surface area contributed by atoms with Crippen LogP contribution in [0.1, 0.15) is 5.56 Å². The van der Waals surface area contributed by atoms with Crippen molar-refractivity contribution in [3.63, 3.8) is 0 Å². The second-order valence-corrected chi connectivity index (χ2v) is 7.50. The zero-order chi connectivity index (χ0) is 15.9. The van der Waals surface area contributed by atoms with E-state index in [4.69, 9.17) is 0 Å². The van der Waals surface area contributed by atoms with Gasteiger partial charge in [-0.25, -0.2) is 12.8 Å². The standard InChI is InChI=1S/C15H12BrFN2O2S/c1-9-2-5-13(12(17)6-9)19-22(20,21)15-8-18-14-7-10(16)3-4-11(14)15/h2-8,18-19H,1H3. The molecule has 0 spiro atoms. The molecule has 1 aromatic heterocycles. The van der Waals surface area contributed by atoms with Gasteiger partial charge in [-0.1, -0.05) is 28.1 Å². The number of aromatic nitrogens is 1. The van der Waals surface area contributed by atoms with Crippen molar-refractivity contribution in [1.82, 2.24) is 4.98 Å². The Kier molecular flexibility index (Phi) is 3.70. The Hall–Kier alpha value is -1.86. The average molecular weight is 383 g/mol. The maximum absolute atomic E-state index is 13.8. The summed E-state index contributed by atoms with van der Waals surface area (Å²) < 4.78 is 42.0. The van der Waals surface area contributed by atoms with Crippen LogP contribution in [-0.4, -0.2) is 13.4 Å².